The highest BCUT2D eigenvalue weighted by atomic mass is 16.6. The highest BCUT2D eigenvalue weighted by Crippen LogP contribution is 2.21. The molecule has 1 N–H and O–H groups in total. The number of benzene rings is 1. The third-order valence-corrected chi connectivity index (χ3v) is 3.24. The van der Waals surface area contributed by atoms with Gasteiger partial charge in [-0.3, -0.25) is 10.1 Å². The lowest BCUT2D eigenvalue weighted by molar-refractivity contribution is -0.384. The number of nitro groups is 1. The van der Waals surface area contributed by atoms with Crippen molar-refractivity contribution in [3.8, 4) is 0 Å². The van der Waals surface area contributed by atoms with Gasteiger partial charge in [0.05, 0.1) is 4.92 Å². The van der Waals surface area contributed by atoms with E-state index in [0.717, 1.165) is 30.9 Å². The maximum Gasteiger partial charge on any atom is 0.269 e. The molecular formula is C15H24N2O2. The number of nitrogens with one attached hydrogen (secondary N) is 1. The van der Waals surface area contributed by atoms with Gasteiger partial charge in [0.15, 0.2) is 0 Å². The molecule has 0 amide bonds. The zero-order chi connectivity index (χ0) is 14.3. The zero-order valence-electron chi connectivity index (χ0n) is 12.1. The van der Waals surface area contributed by atoms with Crippen molar-refractivity contribution in [3.63, 3.8) is 0 Å². The van der Waals surface area contributed by atoms with Crippen LogP contribution in [0.1, 0.15) is 51.6 Å². The molecule has 0 aliphatic carbocycles. The molecule has 1 unspecified atom stereocenters. The largest absolute Gasteiger partial charge is 0.310 e. The second kappa shape index (κ2) is 7.89. The molecule has 0 spiro atoms. The monoisotopic (exact) mass is 264 g/mol. The summed E-state index contributed by atoms with van der Waals surface area (Å²) in [5.41, 5.74) is 1.17. The lowest BCUT2D eigenvalue weighted by atomic mass is 10.0. The fourth-order valence-electron chi connectivity index (χ4n) is 2.14. The van der Waals surface area contributed by atoms with Crippen LogP contribution >= 0.6 is 0 Å². The van der Waals surface area contributed by atoms with Crippen LogP contribution in [-0.4, -0.2) is 11.5 Å². The minimum Gasteiger partial charge on any atom is -0.310 e. The van der Waals surface area contributed by atoms with E-state index in [-0.39, 0.29) is 16.7 Å². The van der Waals surface area contributed by atoms with Crippen molar-refractivity contribution in [1.29, 1.82) is 0 Å². The first kappa shape index (κ1) is 15.6. The zero-order valence-corrected chi connectivity index (χ0v) is 12.1. The first-order valence-corrected chi connectivity index (χ1v) is 7.02. The van der Waals surface area contributed by atoms with E-state index in [1.165, 1.54) is 12.5 Å². The predicted octanol–water partition coefficient (Wildman–Crippen LogP) is 4.07. The highest BCUT2D eigenvalue weighted by Gasteiger charge is 2.12. The SMILES string of the molecule is CCC(NCCCC(C)C)c1cccc([N+](=O)[O-])c1. The molecule has 1 aromatic rings. The van der Waals surface area contributed by atoms with Crippen molar-refractivity contribution in [2.24, 2.45) is 5.92 Å². The maximum absolute atomic E-state index is 10.8. The van der Waals surface area contributed by atoms with Gasteiger partial charge in [-0.2, -0.15) is 0 Å². The van der Waals surface area contributed by atoms with Gasteiger partial charge in [0.2, 0.25) is 0 Å². The van der Waals surface area contributed by atoms with Gasteiger partial charge in [0.25, 0.3) is 5.69 Å². The molecule has 1 rings (SSSR count). The summed E-state index contributed by atoms with van der Waals surface area (Å²) in [5, 5.41) is 14.3. The molecule has 0 heterocycles. The summed E-state index contributed by atoms with van der Waals surface area (Å²) in [7, 11) is 0. The number of rotatable bonds is 8. The Bertz CT molecular complexity index is 405. The Kier molecular flexibility index (Phi) is 6.50. The third-order valence-electron chi connectivity index (χ3n) is 3.24. The molecule has 0 saturated carbocycles. The van der Waals surface area contributed by atoms with E-state index >= 15 is 0 Å². The Balaban J connectivity index is 2.59. The molecule has 0 bridgehead atoms. The van der Waals surface area contributed by atoms with E-state index in [9.17, 15) is 10.1 Å². The number of nitro benzene ring substituents is 1. The summed E-state index contributed by atoms with van der Waals surface area (Å²) < 4.78 is 0. The minimum atomic E-state index is -0.338. The first-order chi connectivity index (χ1) is 9.04. The average molecular weight is 264 g/mol. The lowest BCUT2D eigenvalue weighted by Crippen LogP contribution is -2.22. The van der Waals surface area contributed by atoms with Gasteiger partial charge < -0.3 is 5.32 Å². The molecule has 0 fully saturated rings. The van der Waals surface area contributed by atoms with Gasteiger partial charge >= 0.3 is 0 Å². The van der Waals surface area contributed by atoms with Crippen LogP contribution in [0.5, 0.6) is 0 Å². The van der Waals surface area contributed by atoms with Gasteiger partial charge in [-0.15, -0.1) is 0 Å². The van der Waals surface area contributed by atoms with Gasteiger partial charge in [0, 0.05) is 18.2 Å². The van der Waals surface area contributed by atoms with Crippen molar-refractivity contribution in [1.82, 2.24) is 5.32 Å². The molecule has 19 heavy (non-hydrogen) atoms. The van der Waals surface area contributed by atoms with E-state index in [1.807, 2.05) is 6.07 Å². The van der Waals surface area contributed by atoms with Crippen molar-refractivity contribution in [2.45, 2.75) is 46.1 Å². The van der Waals surface area contributed by atoms with E-state index in [0.29, 0.717) is 0 Å². The summed E-state index contributed by atoms with van der Waals surface area (Å²) in [6.07, 6.45) is 3.28. The maximum atomic E-state index is 10.8. The Labute approximate surface area is 115 Å². The number of non-ortho nitro benzene ring substituents is 1. The number of nitrogens with zero attached hydrogens (tertiary/aromatic N) is 1. The summed E-state index contributed by atoms with van der Waals surface area (Å²) in [6, 6.07) is 7.12. The van der Waals surface area contributed by atoms with Crippen molar-refractivity contribution >= 4 is 5.69 Å². The van der Waals surface area contributed by atoms with E-state index in [2.05, 4.69) is 26.1 Å². The van der Waals surface area contributed by atoms with Crippen LogP contribution in [-0.2, 0) is 0 Å². The standard InChI is InChI=1S/C15H24N2O2/c1-4-15(16-10-6-7-12(2)3)13-8-5-9-14(11-13)17(18)19/h5,8-9,11-12,15-16H,4,6-7,10H2,1-3H3. The van der Waals surface area contributed by atoms with Crippen molar-refractivity contribution < 1.29 is 4.92 Å². The topological polar surface area (TPSA) is 55.2 Å². The Hall–Kier alpha value is -1.42. The summed E-state index contributed by atoms with van der Waals surface area (Å²) in [5.74, 6) is 0.722. The quantitative estimate of drug-likeness (QED) is 0.437. The smallest absolute Gasteiger partial charge is 0.269 e. The van der Waals surface area contributed by atoms with Crippen molar-refractivity contribution in [2.75, 3.05) is 6.54 Å². The van der Waals surface area contributed by atoms with E-state index in [1.54, 1.807) is 12.1 Å². The fourth-order valence-corrected chi connectivity index (χ4v) is 2.14. The highest BCUT2D eigenvalue weighted by molar-refractivity contribution is 5.35. The van der Waals surface area contributed by atoms with Crippen LogP contribution in [0.15, 0.2) is 24.3 Å². The molecule has 106 valence electrons. The third kappa shape index (κ3) is 5.39. The molecule has 0 aliphatic rings. The number of hydrogen-bond donors (Lipinski definition) is 1. The predicted molar refractivity (Wildman–Crippen MR) is 78.2 cm³/mol. The molecule has 1 aromatic carbocycles. The van der Waals surface area contributed by atoms with E-state index in [4.69, 9.17) is 0 Å². The number of hydrogen-bond acceptors (Lipinski definition) is 3. The molecule has 0 aromatic heterocycles. The van der Waals surface area contributed by atoms with Crippen LogP contribution in [0.3, 0.4) is 0 Å². The first-order valence-electron chi connectivity index (χ1n) is 7.02. The molecule has 1 atom stereocenters. The van der Waals surface area contributed by atoms with Gasteiger partial charge in [0.1, 0.15) is 0 Å². The van der Waals surface area contributed by atoms with Gasteiger partial charge in [-0.05, 0) is 37.3 Å². The van der Waals surface area contributed by atoms with Crippen LogP contribution in [0.2, 0.25) is 0 Å². The van der Waals surface area contributed by atoms with Crippen LogP contribution in [0, 0.1) is 16.0 Å². The second-order valence-corrected chi connectivity index (χ2v) is 5.30. The van der Waals surface area contributed by atoms with Gasteiger partial charge in [-0.1, -0.05) is 32.9 Å². The van der Waals surface area contributed by atoms with E-state index < -0.39 is 0 Å². The summed E-state index contributed by atoms with van der Waals surface area (Å²) in [4.78, 5) is 10.4. The van der Waals surface area contributed by atoms with Gasteiger partial charge in [-0.25, -0.2) is 0 Å². The minimum absolute atomic E-state index is 0.167. The fraction of sp³-hybridized carbons (Fsp3) is 0.600. The summed E-state index contributed by atoms with van der Waals surface area (Å²) in [6.45, 7) is 7.49. The van der Waals surface area contributed by atoms with Crippen LogP contribution in [0.4, 0.5) is 5.69 Å². The molecule has 4 nitrogen and oxygen atoms in total. The van der Waals surface area contributed by atoms with Crippen LogP contribution < -0.4 is 5.32 Å². The molecule has 0 aliphatic heterocycles. The molecule has 0 saturated heterocycles. The second-order valence-electron chi connectivity index (χ2n) is 5.30. The summed E-state index contributed by atoms with van der Waals surface area (Å²) >= 11 is 0. The lowest BCUT2D eigenvalue weighted by Gasteiger charge is -2.17. The molecule has 0 radical (unpaired) electrons. The Morgan fingerprint density at radius 1 is 1.37 bits per heavy atom. The van der Waals surface area contributed by atoms with Crippen molar-refractivity contribution in [3.05, 3.63) is 39.9 Å². The molecular weight excluding hydrogens is 240 g/mol. The Morgan fingerprint density at radius 3 is 2.68 bits per heavy atom. The average Bonchev–Trinajstić information content (AvgIpc) is 2.38. The normalized spacial score (nSPS) is 12.6. The molecule has 4 heteroatoms. The Morgan fingerprint density at radius 2 is 2.11 bits per heavy atom. The van der Waals surface area contributed by atoms with Crippen LogP contribution in [0.25, 0.3) is 0 Å².